The Balaban J connectivity index is 3.08. The molecule has 0 heterocycles. The molecular weight excluding hydrogens is 162 g/mol. The van der Waals surface area contributed by atoms with Crippen LogP contribution in [0.2, 0.25) is 0 Å². The van der Waals surface area contributed by atoms with Gasteiger partial charge in [-0.25, -0.2) is 8.78 Å². The van der Waals surface area contributed by atoms with Gasteiger partial charge < -0.3 is 5.11 Å². The summed E-state index contributed by atoms with van der Waals surface area (Å²) in [7, 11) is 0. The number of halogens is 2. The van der Waals surface area contributed by atoms with Crippen molar-refractivity contribution in [2.24, 2.45) is 0 Å². The van der Waals surface area contributed by atoms with Crippen molar-refractivity contribution in [2.75, 3.05) is 6.61 Å². The lowest BCUT2D eigenvalue weighted by atomic mass is 10.1. The van der Waals surface area contributed by atoms with Crippen molar-refractivity contribution >= 4 is 0 Å². The van der Waals surface area contributed by atoms with Crippen molar-refractivity contribution in [3.05, 3.63) is 34.9 Å². The maximum Gasteiger partial charge on any atom is 0.162 e. The first-order valence-electron chi connectivity index (χ1n) is 3.71. The Hall–Kier alpha value is -0.960. The number of rotatable bonds is 2. The van der Waals surface area contributed by atoms with E-state index in [9.17, 15) is 8.78 Å². The maximum absolute atomic E-state index is 13.0. The standard InChI is InChI=1S/C9H10F2O/c1-6-2-3-7(4-5-12)9(11)8(6)10/h2-3,12H,4-5H2,1H3. The Labute approximate surface area is 69.7 Å². The first kappa shape index (κ1) is 9.13. The van der Waals surface area contributed by atoms with Crippen LogP contribution >= 0.6 is 0 Å². The summed E-state index contributed by atoms with van der Waals surface area (Å²) in [6, 6.07) is 2.99. The van der Waals surface area contributed by atoms with Crippen LogP contribution in [0.3, 0.4) is 0 Å². The Bertz CT molecular complexity index is 284. The number of aryl methyl sites for hydroxylation is 1. The summed E-state index contributed by atoms with van der Waals surface area (Å²) in [6.07, 6.45) is 0.156. The molecule has 0 fully saturated rings. The maximum atomic E-state index is 13.0. The van der Waals surface area contributed by atoms with Crippen molar-refractivity contribution in [3.63, 3.8) is 0 Å². The molecule has 0 atom stereocenters. The lowest BCUT2D eigenvalue weighted by Crippen LogP contribution is -1.99. The first-order valence-corrected chi connectivity index (χ1v) is 3.71. The van der Waals surface area contributed by atoms with Crippen LogP contribution in [0.4, 0.5) is 8.78 Å². The molecule has 66 valence electrons. The second kappa shape index (κ2) is 3.63. The third-order valence-electron chi connectivity index (χ3n) is 1.74. The van der Waals surface area contributed by atoms with Crippen LogP contribution in [0.1, 0.15) is 11.1 Å². The van der Waals surface area contributed by atoms with Gasteiger partial charge in [0, 0.05) is 6.61 Å². The SMILES string of the molecule is Cc1ccc(CCO)c(F)c1F. The predicted octanol–water partition coefficient (Wildman–Crippen LogP) is 1.81. The normalized spacial score (nSPS) is 10.3. The molecule has 12 heavy (non-hydrogen) atoms. The Kier molecular flexibility index (Phi) is 2.76. The molecule has 0 unspecified atom stereocenters. The number of aliphatic hydroxyl groups excluding tert-OH is 1. The third kappa shape index (κ3) is 1.61. The molecule has 0 aromatic heterocycles. The minimum atomic E-state index is -0.843. The molecule has 1 aromatic carbocycles. The fourth-order valence-corrected chi connectivity index (χ4v) is 1.000. The van der Waals surface area contributed by atoms with Crippen LogP contribution in [0, 0.1) is 18.6 Å². The molecule has 0 aliphatic carbocycles. The summed E-state index contributed by atoms with van der Waals surface area (Å²) in [4.78, 5) is 0. The third-order valence-corrected chi connectivity index (χ3v) is 1.74. The second-order valence-corrected chi connectivity index (χ2v) is 2.64. The second-order valence-electron chi connectivity index (χ2n) is 2.64. The van der Waals surface area contributed by atoms with E-state index in [1.807, 2.05) is 0 Å². The lowest BCUT2D eigenvalue weighted by molar-refractivity contribution is 0.297. The van der Waals surface area contributed by atoms with E-state index in [-0.39, 0.29) is 24.2 Å². The van der Waals surface area contributed by atoms with Crippen molar-refractivity contribution in [2.45, 2.75) is 13.3 Å². The fourth-order valence-electron chi connectivity index (χ4n) is 1.000. The Morgan fingerprint density at radius 3 is 2.50 bits per heavy atom. The molecule has 0 saturated carbocycles. The van der Waals surface area contributed by atoms with E-state index >= 15 is 0 Å². The Morgan fingerprint density at radius 2 is 1.92 bits per heavy atom. The molecule has 0 aliphatic heterocycles. The van der Waals surface area contributed by atoms with Gasteiger partial charge in [0.2, 0.25) is 0 Å². The van der Waals surface area contributed by atoms with Gasteiger partial charge in [-0.2, -0.15) is 0 Å². The molecule has 1 rings (SSSR count). The minimum Gasteiger partial charge on any atom is -0.396 e. The van der Waals surface area contributed by atoms with Gasteiger partial charge in [0.25, 0.3) is 0 Å². The smallest absolute Gasteiger partial charge is 0.162 e. The van der Waals surface area contributed by atoms with E-state index < -0.39 is 11.6 Å². The zero-order valence-corrected chi connectivity index (χ0v) is 6.77. The highest BCUT2D eigenvalue weighted by molar-refractivity contribution is 5.25. The van der Waals surface area contributed by atoms with Crippen molar-refractivity contribution in [3.8, 4) is 0 Å². The summed E-state index contributed by atoms with van der Waals surface area (Å²) >= 11 is 0. The van der Waals surface area contributed by atoms with Gasteiger partial charge >= 0.3 is 0 Å². The summed E-state index contributed by atoms with van der Waals surface area (Å²) < 4.78 is 25.8. The summed E-state index contributed by atoms with van der Waals surface area (Å²) in [5.74, 6) is -1.66. The quantitative estimate of drug-likeness (QED) is 0.721. The molecule has 0 saturated heterocycles. The summed E-state index contributed by atoms with van der Waals surface area (Å²) in [5, 5.41) is 8.52. The molecular formula is C9H10F2O. The fraction of sp³-hybridized carbons (Fsp3) is 0.333. The molecule has 1 aromatic rings. The molecule has 3 heteroatoms. The van der Waals surface area contributed by atoms with Crippen molar-refractivity contribution in [1.82, 2.24) is 0 Å². The van der Waals surface area contributed by atoms with E-state index in [0.29, 0.717) is 0 Å². The lowest BCUT2D eigenvalue weighted by Gasteiger charge is -2.03. The van der Waals surface area contributed by atoms with Gasteiger partial charge in [-0.3, -0.25) is 0 Å². The molecule has 0 radical (unpaired) electrons. The van der Waals surface area contributed by atoms with Crippen LogP contribution < -0.4 is 0 Å². The van der Waals surface area contributed by atoms with Gasteiger partial charge in [0.05, 0.1) is 0 Å². The molecule has 1 N–H and O–H groups in total. The zero-order chi connectivity index (χ0) is 9.14. The average Bonchev–Trinajstić information content (AvgIpc) is 2.07. The van der Waals surface area contributed by atoms with Gasteiger partial charge in [-0.15, -0.1) is 0 Å². The predicted molar refractivity (Wildman–Crippen MR) is 41.9 cm³/mol. The minimum absolute atomic E-state index is 0.156. The number of hydrogen-bond donors (Lipinski definition) is 1. The number of aliphatic hydroxyl groups is 1. The van der Waals surface area contributed by atoms with Crippen LogP contribution in [-0.2, 0) is 6.42 Å². The Morgan fingerprint density at radius 1 is 1.25 bits per heavy atom. The van der Waals surface area contributed by atoms with E-state index in [1.54, 1.807) is 0 Å². The van der Waals surface area contributed by atoms with Gasteiger partial charge in [0.15, 0.2) is 11.6 Å². The van der Waals surface area contributed by atoms with Crippen LogP contribution in [-0.4, -0.2) is 11.7 Å². The molecule has 1 nitrogen and oxygen atoms in total. The molecule has 0 aliphatic rings. The molecule has 0 spiro atoms. The van der Waals surface area contributed by atoms with E-state index in [4.69, 9.17) is 5.11 Å². The number of hydrogen-bond acceptors (Lipinski definition) is 1. The van der Waals surface area contributed by atoms with E-state index in [0.717, 1.165) is 0 Å². The van der Waals surface area contributed by atoms with Crippen LogP contribution in [0.15, 0.2) is 12.1 Å². The van der Waals surface area contributed by atoms with E-state index in [2.05, 4.69) is 0 Å². The molecule has 0 bridgehead atoms. The van der Waals surface area contributed by atoms with Crippen molar-refractivity contribution in [1.29, 1.82) is 0 Å². The topological polar surface area (TPSA) is 20.2 Å². The van der Waals surface area contributed by atoms with Crippen molar-refractivity contribution < 1.29 is 13.9 Å². The summed E-state index contributed by atoms with van der Waals surface area (Å²) in [6.45, 7) is 1.33. The average molecular weight is 172 g/mol. The van der Waals surface area contributed by atoms with Crippen LogP contribution in [0.5, 0.6) is 0 Å². The van der Waals surface area contributed by atoms with Crippen LogP contribution in [0.25, 0.3) is 0 Å². The monoisotopic (exact) mass is 172 g/mol. The molecule has 0 amide bonds. The highest BCUT2D eigenvalue weighted by Gasteiger charge is 2.09. The van der Waals surface area contributed by atoms with E-state index in [1.165, 1.54) is 19.1 Å². The zero-order valence-electron chi connectivity index (χ0n) is 6.77. The highest BCUT2D eigenvalue weighted by Crippen LogP contribution is 2.15. The largest absolute Gasteiger partial charge is 0.396 e. The van der Waals surface area contributed by atoms with Gasteiger partial charge in [0.1, 0.15) is 0 Å². The first-order chi connectivity index (χ1) is 5.66. The van der Waals surface area contributed by atoms with Gasteiger partial charge in [-0.05, 0) is 24.5 Å². The summed E-state index contributed by atoms with van der Waals surface area (Å²) in [5.41, 5.74) is 0.509. The highest BCUT2D eigenvalue weighted by atomic mass is 19.2. The number of benzene rings is 1. The van der Waals surface area contributed by atoms with Gasteiger partial charge in [-0.1, -0.05) is 12.1 Å².